The van der Waals surface area contributed by atoms with Crippen molar-refractivity contribution in [1.29, 1.82) is 0 Å². The first-order chi connectivity index (χ1) is 11.4. The van der Waals surface area contributed by atoms with Crippen LogP contribution in [-0.2, 0) is 19.1 Å². The van der Waals surface area contributed by atoms with Gasteiger partial charge in [0.2, 0.25) is 11.8 Å². The van der Waals surface area contributed by atoms with E-state index in [0.29, 0.717) is 5.56 Å². The van der Waals surface area contributed by atoms with Gasteiger partial charge >= 0.3 is 5.97 Å². The van der Waals surface area contributed by atoms with Gasteiger partial charge in [-0.25, -0.2) is 9.18 Å². The Bertz CT molecular complexity index is 619. The largest absolute Gasteiger partial charge is 0.480 e. The van der Waals surface area contributed by atoms with Gasteiger partial charge in [0.15, 0.2) is 0 Å². The van der Waals surface area contributed by atoms with Crippen LogP contribution in [0.2, 0.25) is 0 Å². The summed E-state index contributed by atoms with van der Waals surface area (Å²) in [5.41, 5.74) is 0.687. The Hall–Kier alpha value is -2.48. The summed E-state index contributed by atoms with van der Waals surface area (Å²) in [5.74, 6) is -2.54. The Morgan fingerprint density at radius 3 is 2.67 bits per heavy atom. The number of carboxylic acid groups (broad SMARTS) is 1. The second kappa shape index (κ2) is 7.87. The Morgan fingerprint density at radius 1 is 1.38 bits per heavy atom. The van der Waals surface area contributed by atoms with Crippen LogP contribution < -0.4 is 5.32 Å². The van der Waals surface area contributed by atoms with E-state index in [4.69, 9.17) is 9.84 Å². The highest BCUT2D eigenvalue weighted by molar-refractivity contribution is 5.90. The predicted octanol–water partition coefficient (Wildman–Crippen LogP) is 0.563. The minimum atomic E-state index is -1.08. The molecule has 0 bridgehead atoms. The third kappa shape index (κ3) is 4.29. The molecule has 1 fully saturated rings. The molecule has 1 aliphatic rings. The molecule has 24 heavy (non-hydrogen) atoms. The zero-order valence-electron chi connectivity index (χ0n) is 13.2. The minimum absolute atomic E-state index is 0.0652. The maximum Gasteiger partial charge on any atom is 0.329 e. The van der Waals surface area contributed by atoms with E-state index in [0.717, 1.165) is 0 Å². The summed E-state index contributed by atoms with van der Waals surface area (Å²) >= 11 is 0. The Kier molecular flexibility index (Phi) is 5.86. The monoisotopic (exact) mass is 338 g/mol. The van der Waals surface area contributed by atoms with Crippen molar-refractivity contribution < 1.29 is 28.6 Å². The quantitative estimate of drug-likeness (QED) is 0.709. The number of ether oxygens (including phenoxy) is 1. The van der Waals surface area contributed by atoms with E-state index in [2.05, 4.69) is 5.32 Å². The highest BCUT2D eigenvalue weighted by atomic mass is 19.1. The lowest BCUT2D eigenvalue weighted by Crippen LogP contribution is -2.36. The van der Waals surface area contributed by atoms with E-state index in [1.807, 2.05) is 0 Å². The van der Waals surface area contributed by atoms with Crippen LogP contribution in [0.25, 0.3) is 0 Å². The summed E-state index contributed by atoms with van der Waals surface area (Å²) in [5, 5.41) is 11.1. The molecule has 1 aliphatic heterocycles. The average molecular weight is 338 g/mol. The van der Waals surface area contributed by atoms with Gasteiger partial charge < -0.3 is 20.1 Å². The fourth-order valence-corrected chi connectivity index (χ4v) is 2.76. The number of nitrogens with zero attached hydrogens (tertiary/aromatic N) is 1. The number of hydrogen-bond donors (Lipinski definition) is 2. The number of hydrogen-bond acceptors (Lipinski definition) is 4. The SMILES string of the molecule is CN1C(=O)CC(C(=O)NCCOCC(=O)O)C1c1ccc(F)cc1. The molecule has 2 amide bonds. The van der Waals surface area contributed by atoms with Crippen molar-refractivity contribution in [2.75, 3.05) is 26.8 Å². The van der Waals surface area contributed by atoms with Gasteiger partial charge in [0.05, 0.1) is 18.6 Å². The highest BCUT2D eigenvalue weighted by Crippen LogP contribution is 2.37. The smallest absolute Gasteiger partial charge is 0.329 e. The predicted molar refractivity (Wildman–Crippen MR) is 81.5 cm³/mol. The van der Waals surface area contributed by atoms with E-state index < -0.39 is 24.5 Å². The van der Waals surface area contributed by atoms with Gasteiger partial charge in [0.1, 0.15) is 12.4 Å². The van der Waals surface area contributed by atoms with Crippen molar-refractivity contribution in [2.45, 2.75) is 12.5 Å². The number of rotatable bonds is 7. The normalized spacial score (nSPS) is 20.2. The average Bonchev–Trinajstić information content (AvgIpc) is 2.83. The molecule has 0 radical (unpaired) electrons. The van der Waals surface area contributed by atoms with Crippen LogP contribution in [0.15, 0.2) is 24.3 Å². The molecule has 7 nitrogen and oxygen atoms in total. The zero-order chi connectivity index (χ0) is 17.7. The number of carbonyl (C=O) groups is 3. The number of likely N-dealkylation sites (tertiary alicyclic amines) is 1. The number of amides is 2. The third-order valence-corrected chi connectivity index (χ3v) is 3.91. The molecule has 1 saturated heterocycles. The van der Waals surface area contributed by atoms with Crippen LogP contribution in [0.5, 0.6) is 0 Å². The number of aliphatic carboxylic acids is 1. The third-order valence-electron chi connectivity index (χ3n) is 3.91. The molecule has 0 aliphatic carbocycles. The van der Waals surface area contributed by atoms with E-state index in [1.54, 1.807) is 19.2 Å². The molecule has 2 rings (SSSR count). The van der Waals surface area contributed by atoms with E-state index >= 15 is 0 Å². The van der Waals surface area contributed by atoms with Crippen LogP contribution in [0, 0.1) is 11.7 Å². The van der Waals surface area contributed by atoms with Gasteiger partial charge in [-0.3, -0.25) is 9.59 Å². The molecular formula is C16H19FN2O5. The first kappa shape index (κ1) is 17.9. The van der Waals surface area contributed by atoms with Crippen molar-refractivity contribution in [3.63, 3.8) is 0 Å². The summed E-state index contributed by atoms with van der Waals surface area (Å²) in [6, 6.07) is 5.25. The fraction of sp³-hybridized carbons (Fsp3) is 0.438. The molecule has 1 heterocycles. The second-order valence-corrected chi connectivity index (χ2v) is 5.55. The number of halogens is 1. The fourth-order valence-electron chi connectivity index (χ4n) is 2.76. The topological polar surface area (TPSA) is 95.9 Å². The highest BCUT2D eigenvalue weighted by Gasteiger charge is 2.42. The van der Waals surface area contributed by atoms with E-state index in [-0.39, 0.29) is 37.2 Å². The van der Waals surface area contributed by atoms with Crippen LogP contribution in [-0.4, -0.2) is 54.6 Å². The number of nitrogens with one attached hydrogen (secondary N) is 1. The van der Waals surface area contributed by atoms with Gasteiger partial charge in [-0.1, -0.05) is 12.1 Å². The first-order valence-corrected chi connectivity index (χ1v) is 7.48. The molecule has 1 aromatic rings. The van der Waals surface area contributed by atoms with Gasteiger partial charge in [-0.15, -0.1) is 0 Å². The number of carboxylic acids is 1. The van der Waals surface area contributed by atoms with Crippen LogP contribution in [0.4, 0.5) is 4.39 Å². The first-order valence-electron chi connectivity index (χ1n) is 7.48. The summed E-state index contributed by atoms with van der Waals surface area (Å²) < 4.78 is 17.9. The second-order valence-electron chi connectivity index (χ2n) is 5.55. The van der Waals surface area contributed by atoms with Gasteiger partial charge in [0, 0.05) is 20.0 Å². The van der Waals surface area contributed by atoms with Crippen molar-refractivity contribution in [1.82, 2.24) is 10.2 Å². The van der Waals surface area contributed by atoms with Gasteiger partial charge in [0.25, 0.3) is 0 Å². The van der Waals surface area contributed by atoms with Crippen molar-refractivity contribution in [3.05, 3.63) is 35.6 Å². The summed E-state index contributed by atoms with van der Waals surface area (Å²) in [4.78, 5) is 36.1. The Balaban J connectivity index is 1.98. The summed E-state index contributed by atoms with van der Waals surface area (Å²) in [6.45, 7) is -0.217. The summed E-state index contributed by atoms with van der Waals surface area (Å²) in [7, 11) is 1.61. The molecule has 1 aromatic carbocycles. The Labute approximate surface area is 138 Å². The van der Waals surface area contributed by atoms with E-state index in [9.17, 15) is 18.8 Å². The van der Waals surface area contributed by atoms with Gasteiger partial charge in [-0.05, 0) is 17.7 Å². The molecule has 0 aromatic heterocycles. The van der Waals surface area contributed by atoms with Crippen molar-refractivity contribution in [2.24, 2.45) is 5.92 Å². The molecule has 2 atom stereocenters. The summed E-state index contributed by atoms with van der Waals surface area (Å²) in [6.07, 6.45) is 0.0698. The van der Waals surface area contributed by atoms with E-state index in [1.165, 1.54) is 17.0 Å². The zero-order valence-corrected chi connectivity index (χ0v) is 13.2. The van der Waals surface area contributed by atoms with Gasteiger partial charge in [-0.2, -0.15) is 0 Å². The maximum atomic E-state index is 13.1. The lowest BCUT2D eigenvalue weighted by atomic mass is 9.93. The van der Waals surface area contributed by atoms with Crippen LogP contribution in [0.1, 0.15) is 18.0 Å². The van der Waals surface area contributed by atoms with Crippen LogP contribution >= 0.6 is 0 Å². The molecule has 2 N–H and O–H groups in total. The number of benzene rings is 1. The molecule has 0 spiro atoms. The Morgan fingerprint density at radius 2 is 2.04 bits per heavy atom. The molecular weight excluding hydrogens is 319 g/mol. The molecule has 130 valence electrons. The lowest BCUT2D eigenvalue weighted by molar-refractivity contribution is -0.142. The lowest BCUT2D eigenvalue weighted by Gasteiger charge is -2.25. The van der Waals surface area contributed by atoms with Crippen molar-refractivity contribution in [3.8, 4) is 0 Å². The van der Waals surface area contributed by atoms with Crippen molar-refractivity contribution >= 4 is 17.8 Å². The molecule has 0 saturated carbocycles. The molecule has 8 heteroatoms. The molecule has 2 unspecified atom stereocenters. The maximum absolute atomic E-state index is 13.1. The van der Waals surface area contributed by atoms with Crippen LogP contribution in [0.3, 0.4) is 0 Å². The minimum Gasteiger partial charge on any atom is -0.480 e. The number of carbonyl (C=O) groups excluding carboxylic acids is 2. The standard InChI is InChI=1S/C16H19FN2O5/c1-19-13(20)8-12(15(19)10-2-4-11(17)5-3-10)16(23)18-6-7-24-9-14(21)22/h2-5,12,15H,6-9H2,1H3,(H,18,23)(H,21,22).